The van der Waals surface area contributed by atoms with Gasteiger partial charge in [0, 0.05) is 12.2 Å². The number of rotatable bonds is 11. The lowest BCUT2D eigenvalue weighted by Gasteiger charge is -2.16. The molecule has 0 aliphatic carbocycles. The Kier molecular flexibility index (Phi) is 10.2. The van der Waals surface area contributed by atoms with Crippen molar-refractivity contribution in [1.82, 2.24) is 5.32 Å². The fourth-order valence-corrected chi connectivity index (χ4v) is 2.16. The fourth-order valence-electron chi connectivity index (χ4n) is 2.16. The van der Waals surface area contributed by atoms with Crippen LogP contribution in [0.5, 0.6) is 0 Å². The first-order chi connectivity index (χ1) is 8.41. The van der Waals surface area contributed by atoms with E-state index in [1.54, 1.807) is 0 Å². The summed E-state index contributed by atoms with van der Waals surface area (Å²) in [6.07, 6.45) is 7.75. The predicted octanol–water partition coefficient (Wildman–Crippen LogP) is 5.38. The highest BCUT2D eigenvalue weighted by Crippen LogP contribution is 2.17. The molecule has 0 saturated carbocycles. The van der Waals surface area contributed by atoms with Crippen LogP contribution < -0.4 is 5.32 Å². The van der Waals surface area contributed by atoms with E-state index in [1.165, 1.54) is 37.8 Å². The summed E-state index contributed by atoms with van der Waals surface area (Å²) in [5.41, 5.74) is 1.23. The van der Waals surface area contributed by atoms with Crippen molar-refractivity contribution in [3.63, 3.8) is 0 Å². The smallest absolute Gasteiger partial charge is 0.0143 e. The Hall–Kier alpha value is -0.460. The minimum absolute atomic E-state index is 0.767. The van der Waals surface area contributed by atoms with E-state index in [1.807, 2.05) is 0 Å². The molecule has 0 aliphatic rings. The number of unbranched alkanes of at least 4 members (excludes halogenated alkanes) is 1. The van der Waals surface area contributed by atoms with E-state index in [9.17, 15) is 0 Å². The van der Waals surface area contributed by atoms with Crippen LogP contribution in [0.2, 0.25) is 0 Å². The van der Waals surface area contributed by atoms with E-state index >= 15 is 0 Å². The summed E-state index contributed by atoms with van der Waals surface area (Å²) in [7, 11) is 0. The zero-order chi connectivity index (χ0) is 14.0. The molecule has 0 heterocycles. The molecule has 1 unspecified atom stereocenters. The molecule has 108 valence electrons. The third-order valence-corrected chi connectivity index (χ3v) is 3.41. The Morgan fingerprint density at radius 1 is 0.889 bits per heavy atom. The van der Waals surface area contributed by atoms with Gasteiger partial charge in [-0.1, -0.05) is 66.9 Å². The molecule has 1 heteroatoms. The zero-order valence-electron chi connectivity index (χ0n) is 13.4. The van der Waals surface area contributed by atoms with Crippen LogP contribution in [0.25, 0.3) is 0 Å². The Labute approximate surface area is 115 Å². The summed E-state index contributed by atoms with van der Waals surface area (Å²) in [5.74, 6) is 2.43. The second kappa shape index (κ2) is 10.5. The molecule has 0 radical (unpaired) electrons. The van der Waals surface area contributed by atoms with Crippen LogP contribution >= 0.6 is 0 Å². The van der Waals surface area contributed by atoms with Gasteiger partial charge in [-0.25, -0.2) is 0 Å². The molecule has 0 saturated heterocycles. The summed E-state index contributed by atoms with van der Waals surface area (Å²) in [6.45, 7) is 16.8. The van der Waals surface area contributed by atoms with E-state index in [2.05, 4.69) is 46.5 Å². The summed E-state index contributed by atoms with van der Waals surface area (Å²) >= 11 is 0. The molecule has 1 nitrogen and oxygen atoms in total. The van der Waals surface area contributed by atoms with Crippen LogP contribution in [0.15, 0.2) is 12.3 Å². The maximum Gasteiger partial charge on any atom is 0.0143 e. The highest BCUT2D eigenvalue weighted by Gasteiger charge is 2.05. The van der Waals surface area contributed by atoms with Crippen molar-refractivity contribution >= 4 is 0 Å². The summed E-state index contributed by atoms with van der Waals surface area (Å²) in [5, 5.41) is 3.48. The number of hydrogen-bond acceptors (Lipinski definition) is 1. The van der Waals surface area contributed by atoms with E-state index in [-0.39, 0.29) is 0 Å². The number of hydrogen-bond donors (Lipinski definition) is 1. The van der Waals surface area contributed by atoms with Crippen molar-refractivity contribution in [1.29, 1.82) is 0 Å². The molecule has 0 rings (SSSR count). The van der Waals surface area contributed by atoms with Crippen molar-refractivity contribution in [3.8, 4) is 0 Å². The molecular formula is C17H35N. The lowest BCUT2D eigenvalue weighted by Crippen LogP contribution is -2.16. The Balaban J connectivity index is 3.47. The summed E-state index contributed by atoms with van der Waals surface area (Å²) < 4.78 is 0. The van der Waals surface area contributed by atoms with Gasteiger partial charge in [-0.2, -0.15) is 0 Å². The minimum atomic E-state index is 0.767. The quantitative estimate of drug-likeness (QED) is 0.488. The molecule has 1 N–H and O–H groups in total. The molecule has 0 aromatic heterocycles. The average molecular weight is 253 g/mol. The topological polar surface area (TPSA) is 12.0 Å². The molecule has 0 aromatic rings. The van der Waals surface area contributed by atoms with E-state index in [4.69, 9.17) is 0 Å². The molecule has 0 bridgehead atoms. The molecule has 0 fully saturated rings. The summed E-state index contributed by atoms with van der Waals surface area (Å²) in [6, 6.07) is 0. The van der Waals surface area contributed by atoms with Gasteiger partial charge in [0.25, 0.3) is 0 Å². The average Bonchev–Trinajstić information content (AvgIpc) is 2.25. The second-order valence-electron chi connectivity index (χ2n) is 6.70. The van der Waals surface area contributed by atoms with Gasteiger partial charge in [-0.3, -0.25) is 0 Å². The normalized spacial score (nSPS) is 13.1. The maximum atomic E-state index is 4.14. The highest BCUT2D eigenvalue weighted by molar-refractivity contribution is 4.92. The van der Waals surface area contributed by atoms with E-state index in [0.29, 0.717) is 0 Å². The lowest BCUT2D eigenvalue weighted by molar-refractivity contribution is 0.438. The van der Waals surface area contributed by atoms with Gasteiger partial charge in [-0.05, 0) is 30.6 Å². The van der Waals surface area contributed by atoms with Gasteiger partial charge in [0.05, 0.1) is 0 Å². The molecular weight excluding hydrogens is 218 g/mol. The SMILES string of the molecule is C=C(CC(C)CCC(C)C)NCCCCC(C)C. The van der Waals surface area contributed by atoms with E-state index < -0.39 is 0 Å². The Bertz CT molecular complexity index is 206. The molecule has 0 aromatic carbocycles. The second-order valence-corrected chi connectivity index (χ2v) is 6.70. The lowest BCUT2D eigenvalue weighted by atomic mass is 9.96. The van der Waals surface area contributed by atoms with Crippen LogP contribution in [0, 0.1) is 17.8 Å². The molecule has 0 amide bonds. The Morgan fingerprint density at radius 3 is 2.06 bits per heavy atom. The third kappa shape index (κ3) is 12.0. The van der Waals surface area contributed by atoms with Crippen LogP contribution in [-0.2, 0) is 0 Å². The first-order valence-electron chi connectivity index (χ1n) is 7.83. The molecule has 0 spiro atoms. The van der Waals surface area contributed by atoms with Gasteiger partial charge in [0.1, 0.15) is 0 Å². The Morgan fingerprint density at radius 2 is 1.50 bits per heavy atom. The zero-order valence-corrected chi connectivity index (χ0v) is 13.4. The highest BCUT2D eigenvalue weighted by atomic mass is 14.9. The minimum Gasteiger partial charge on any atom is -0.389 e. The third-order valence-electron chi connectivity index (χ3n) is 3.41. The van der Waals surface area contributed by atoms with Gasteiger partial charge < -0.3 is 5.32 Å². The number of allylic oxidation sites excluding steroid dienone is 1. The molecule has 0 aliphatic heterocycles. The standard InChI is InChI=1S/C17H35N/c1-14(2)9-7-8-12-18-17(6)13-16(5)11-10-15(3)4/h14-16,18H,6-13H2,1-5H3. The predicted molar refractivity (Wildman–Crippen MR) is 83.7 cm³/mol. The first kappa shape index (κ1) is 17.5. The van der Waals surface area contributed by atoms with Gasteiger partial charge in [0.2, 0.25) is 0 Å². The monoisotopic (exact) mass is 253 g/mol. The van der Waals surface area contributed by atoms with Crippen LogP contribution in [0.4, 0.5) is 0 Å². The van der Waals surface area contributed by atoms with Gasteiger partial charge >= 0.3 is 0 Å². The first-order valence-corrected chi connectivity index (χ1v) is 7.83. The largest absolute Gasteiger partial charge is 0.389 e. The van der Waals surface area contributed by atoms with Crippen molar-refractivity contribution in [2.75, 3.05) is 6.54 Å². The fraction of sp³-hybridized carbons (Fsp3) is 0.882. The van der Waals surface area contributed by atoms with Gasteiger partial charge in [0.15, 0.2) is 0 Å². The maximum absolute atomic E-state index is 4.14. The van der Waals surface area contributed by atoms with Crippen molar-refractivity contribution in [3.05, 3.63) is 12.3 Å². The number of nitrogens with one attached hydrogen (secondary N) is 1. The van der Waals surface area contributed by atoms with Crippen molar-refractivity contribution in [2.24, 2.45) is 17.8 Å². The summed E-state index contributed by atoms with van der Waals surface area (Å²) in [4.78, 5) is 0. The van der Waals surface area contributed by atoms with Crippen molar-refractivity contribution in [2.45, 2.75) is 73.1 Å². The van der Waals surface area contributed by atoms with E-state index in [0.717, 1.165) is 30.7 Å². The molecule has 18 heavy (non-hydrogen) atoms. The van der Waals surface area contributed by atoms with Crippen LogP contribution in [-0.4, -0.2) is 6.54 Å². The van der Waals surface area contributed by atoms with Gasteiger partial charge in [-0.15, -0.1) is 0 Å². The van der Waals surface area contributed by atoms with Crippen molar-refractivity contribution < 1.29 is 0 Å². The van der Waals surface area contributed by atoms with Crippen LogP contribution in [0.1, 0.15) is 73.1 Å². The van der Waals surface area contributed by atoms with Crippen LogP contribution in [0.3, 0.4) is 0 Å². The molecule has 1 atom stereocenters.